The van der Waals surface area contributed by atoms with E-state index >= 15 is 0 Å². The highest BCUT2D eigenvalue weighted by Crippen LogP contribution is 2.19. The van der Waals surface area contributed by atoms with Gasteiger partial charge < -0.3 is 15.4 Å². The van der Waals surface area contributed by atoms with Gasteiger partial charge in [-0.3, -0.25) is 4.79 Å². The van der Waals surface area contributed by atoms with Crippen LogP contribution in [-0.2, 0) is 11.3 Å². The summed E-state index contributed by atoms with van der Waals surface area (Å²) in [6.07, 6.45) is 0. The molecule has 0 bridgehead atoms. The van der Waals surface area contributed by atoms with Gasteiger partial charge in [0.25, 0.3) is 0 Å². The molecule has 0 radical (unpaired) electrons. The summed E-state index contributed by atoms with van der Waals surface area (Å²) >= 11 is 0. The first kappa shape index (κ1) is 14.8. The number of anilines is 2. The molecule has 4 nitrogen and oxygen atoms in total. The quantitative estimate of drug-likeness (QED) is 0.886. The fraction of sp³-hybridized carbons (Fsp3) is 0.188. The van der Waals surface area contributed by atoms with Crippen molar-refractivity contribution in [2.75, 3.05) is 17.7 Å². The Hall–Kier alpha value is -2.56. The molecular weight excluding hydrogens is 271 g/mol. The molecule has 0 saturated carbocycles. The Morgan fingerprint density at radius 3 is 2.62 bits per heavy atom. The second kappa shape index (κ2) is 6.74. The van der Waals surface area contributed by atoms with Gasteiger partial charge in [0.1, 0.15) is 11.6 Å². The van der Waals surface area contributed by atoms with E-state index in [1.807, 2.05) is 12.1 Å². The minimum absolute atomic E-state index is 0.131. The number of methoxy groups -OCH3 is 1. The van der Waals surface area contributed by atoms with Crippen molar-refractivity contribution < 1.29 is 13.9 Å². The fourth-order valence-corrected chi connectivity index (χ4v) is 1.91. The highest BCUT2D eigenvalue weighted by molar-refractivity contribution is 5.89. The molecule has 0 unspecified atom stereocenters. The van der Waals surface area contributed by atoms with Crippen LogP contribution in [0.4, 0.5) is 15.8 Å². The molecule has 0 aliphatic heterocycles. The molecule has 1 amide bonds. The van der Waals surface area contributed by atoms with Crippen molar-refractivity contribution in [2.24, 2.45) is 0 Å². The highest BCUT2D eigenvalue weighted by atomic mass is 19.1. The number of nitrogens with one attached hydrogen (secondary N) is 2. The van der Waals surface area contributed by atoms with Crippen LogP contribution in [0.5, 0.6) is 5.75 Å². The van der Waals surface area contributed by atoms with Gasteiger partial charge in [0.2, 0.25) is 5.91 Å². The standard InChI is InChI=1S/C16H17FN2O2/c1-11(20)19-14-5-3-4-13(8-14)18-10-12-6-7-15(21-2)9-16(12)17/h3-9,18H,10H2,1-2H3,(H,19,20). The number of ether oxygens (including phenoxy) is 1. The average Bonchev–Trinajstić information content (AvgIpc) is 2.45. The predicted octanol–water partition coefficient (Wildman–Crippen LogP) is 3.40. The van der Waals surface area contributed by atoms with Crippen molar-refractivity contribution in [1.29, 1.82) is 0 Å². The van der Waals surface area contributed by atoms with Crippen LogP contribution in [0.2, 0.25) is 0 Å². The number of halogens is 1. The third-order valence-electron chi connectivity index (χ3n) is 2.93. The van der Waals surface area contributed by atoms with E-state index < -0.39 is 0 Å². The molecule has 2 N–H and O–H groups in total. The molecule has 0 aliphatic carbocycles. The molecule has 0 atom stereocenters. The van der Waals surface area contributed by atoms with E-state index in [9.17, 15) is 9.18 Å². The topological polar surface area (TPSA) is 50.4 Å². The normalized spacial score (nSPS) is 10.0. The monoisotopic (exact) mass is 288 g/mol. The van der Waals surface area contributed by atoms with Crippen LogP contribution in [-0.4, -0.2) is 13.0 Å². The van der Waals surface area contributed by atoms with Crippen molar-refractivity contribution >= 4 is 17.3 Å². The minimum atomic E-state index is -0.320. The van der Waals surface area contributed by atoms with Gasteiger partial charge in [-0.15, -0.1) is 0 Å². The molecule has 0 spiro atoms. The molecule has 0 aromatic heterocycles. The Kier molecular flexibility index (Phi) is 4.77. The maximum absolute atomic E-state index is 13.8. The summed E-state index contributed by atoms with van der Waals surface area (Å²) in [5.41, 5.74) is 2.04. The molecular formula is C16H17FN2O2. The molecule has 0 heterocycles. The third-order valence-corrected chi connectivity index (χ3v) is 2.93. The Bertz CT molecular complexity index is 644. The van der Waals surface area contributed by atoms with E-state index in [1.54, 1.807) is 24.3 Å². The van der Waals surface area contributed by atoms with Gasteiger partial charge in [0.15, 0.2) is 0 Å². The zero-order valence-corrected chi connectivity index (χ0v) is 11.9. The number of carbonyl (C=O) groups excluding carboxylic acids is 1. The van der Waals surface area contributed by atoms with Crippen molar-refractivity contribution in [2.45, 2.75) is 13.5 Å². The van der Waals surface area contributed by atoms with Gasteiger partial charge in [-0.05, 0) is 24.3 Å². The Balaban J connectivity index is 2.04. The van der Waals surface area contributed by atoms with Crippen LogP contribution in [0.3, 0.4) is 0 Å². The maximum atomic E-state index is 13.8. The molecule has 2 aromatic carbocycles. The molecule has 2 aromatic rings. The van der Waals surface area contributed by atoms with Gasteiger partial charge in [0, 0.05) is 36.5 Å². The summed E-state index contributed by atoms with van der Waals surface area (Å²) in [6.45, 7) is 1.80. The van der Waals surface area contributed by atoms with Crippen molar-refractivity contribution in [1.82, 2.24) is 0 Å². The lowest BCUT2D eigenvalue weighted by atomic mass is 10.2. The number of amides is 1. The molecule has 0 saturated heterocycles. The summed E-state index contributed by atoms with van der Waals surface area (Å²) in [4.78, 5) is 11.0. The van der Waals surface area contributed by atoms with Crippen LogP contribution in [0.15, 0.2) is 42.5 Å². The largest absolute Gasteiger partial charge is 0.497 e. The first-order chi connectivity index (χ1) is 10.1. The molecule has 0 aliphatic rings. The second-order valence-electron chi connectivity index (χ2n) is 4.57. The number of benzene rings is 2. The highest BCUT2D eigenvalue weighted by Gasteiger charge is 2.04. The van der Waals surface area contributed by atoms with Crippen molar-refractivity contribution in [3.63, 3.8) is 0 Å². The van der Waals surface area contributed by atoms with E-state index in [2.05, 4.69) is 10.6 Å². The summed E-state index contributed by atoms with van der Waals surface area (Å²) in [6, 6.07) is 12.0. The summed E-state index contributed by atoms with van der Waals surface area (Å²) in [5, 5.41) is 5.82. The van der Waals surface area contributed by atoms with Gasteiger partial charge in [-0.1, -0.05) is 12.1 Å². The number of rotatable bonds is 5. The minimum Gasteiger partial charge on any atom is -0.497 e. The Morgan fingerprint density at radius 1 is 1.19 bits per heavy atom. The van der Waals surface area contributed by atoms with E-state index in [0.717, 1.165) is 5.69 Å². The van der Waals surface area contributed by atoms with E-state index in [4.69, 9.17) is 4.74 Å². The lowest BCUT2D eigenvalue weighted by molar-refractivity contribution is -0.114. The van der Waals surface area contributed by atoms with Gasteiger partial charge in [-0.25, -0.2) is 4.39 Å². The average molecular weight is 288 g/mol. The zero-order chi connectivity index (χ0) is 15.2. The Morgan fingerprint density at radius 2 is 1.95 bits per heavy atom. The molecule has 0 fully saturated rings. The number of carbonyl (C=O) groups is 1. The van der Waals surface area contributed by atoms with Crippen LogP contribution < -0.4 is 15.4 Å². The third kappa shape index (κ3) is 4.21. The first-order valence-corrected chi connectivity index (χ1v) is 6.52. The smallest absolute Gasteiger partial charge is 0.221 e. The van der Waals surface area contributed by atoms with E-state index in [1.165, 1.54) is 20.1 Å². The molecule has 21 heavy (non-hydrogen) atoms. The maximum Gasteiger partial charge on any atom is 0.221 e. The van der Waals surface area contributed by atoms with E-state index in [-0.39, 0.29) is 11.7 Å². The lowest BCUT2D eigenvalue weighted by Crippen LogP contribution is -2.06. The molecule has 2 rings (SSSR count). The van der Waals surface area contributed by atoms with Crippen molar-refractivity contribution in [3.05, 3.63) is 53.8 Å². The summed E-state index contributed by atoms with van der Waals surface area (Å²) < 4.78 is 18.8. The van der Waals surface area contributed by atoms with Crippen LogP contribution >= 0.6 is 0 Å². The van der Waals surface area contributed by atoms with Gasteiger partial charge in [-0.2, -0.15) is 0 Å². The number of hydrogen-bond acceptors (Lipinski definition) is 3. The van der Waals surface area contributed by atoms with Gasteiger partial charge >= 0.3 is 0 Å². The van der Waals surface area contributed by atoms with Crippen LogP contribution in [0.25, 0.3) is 0 Å². The summed E-state index contributed by atoms with van der Waals surface area (Å²) in [5.74, 6) is 0.0390. The van der Waals surface area contributed by atoms with E-state index in [0.29, 0.717) is 23.5 Å². The zero-order valence-electron chi connectivity index (χ0n) is 11.9. The predicted molar refractivity (Wildman–Crippen MR) is 81.0 cm³/mol. The molecule has 110 valence electrons. The Labute approximate surface area is 122 Å². The second-order valence-corrected chi connectivity index (χ2v) is 4.57. The molecule has 5 heteroatoms. The van der Waals surface area contributed by atoms with Gasteiger partial charge in [0.05, 0.1) is 7.11 Å². The van der Waals surface area contributed by atoms with Crippen LogP contribution in [0, 0.1) is 5.82 Å². The lowest BCUT2D eigenvalue weighted by Gasteiger charge is -2.10. The fourth-order valence-electron chi connectivity index (χ4n) is 1.91. The SMILES string of the molecule is COc1ccc(CNc2cccc(NC(C)=O)c2)c(F)c1. The van der Waals surface area contributed by atoms with Crippen LogP contribution in [0.1, 0.15) is 12.5 Å². The number of hydrogen-bond donors (Lipinski definition) is 2. The summed E-state index contributed by atoms with van der Waals surface area (Å²) in [7, 11) is 1.50. The first-order valence-electron chi connectivity index (χ1n) is 6.52. The van der Waals surface area contributed by atoms with Crippen molar-refractivity contribution in [3.8, 4) is 5.75 Å².